The van der Waals surface area contributed by atoms with Crippen LogP contribution in [0.25, 0.3) is 240 Å². The SMILES string of the molecule is Cc1cc(C)c(-c2c3ccc4c5oc6cc(-c7cccs7)ccc6c5c(-c5c(C)cc(C)cc5C)c5ccc(c6oc7cc(-c8cccs8)ccc7c26)c3c54)c(C)c1.c1ccc(-c2cc(-c3ccccc3)c3c(c2)oc2c3cc3ccc4c5oc6cc(-c7ccccc7)cc(-c7ccccc7)c6c5cc5ccc2c3c54)cc1. The zero-order valence-corrected chi connectivity index (χ0v) is 63.9. The number of thiophene rings is 2. The molecule has 0 saturated carbocycles. The number of rotatable bonds is 8. The van der Waals surface area contributed by atoms with E-state index in [1.165, 1.54) is 164 Å². The van der Waals surface area contributed by atoms with Crippen molar-refractivity contribution in [2.45, 2.75) is 41.5 Å². The van der Waals surface area contributed by atoms with Crippen LogP contribution < -0.4 is 0 Å². The molecule has 6 heteroatoms. The van der Waals surface area contributed by atoms with Crippen LogP contribution in [-0.2, 0) is 0 Å². The van der Waals surface area contributed by atoms with Crippen molar-refractivity contribution in [3.63, 3.8) is 0 Å². The topological polar surface area (TPSA) is 52.6 Å². The summed E-state index contributed by atoms with van der Waals surface area (Å²) in [7, 11) is 0. The molecule has 18 aromatic carbocycles. The minimum absolute atomic E-state index is 0.891. The standard InChI is InChI=1S/C54H38O2S2.C52H30O2/c1-27-21-29(3)45(30(4)22-27)49-37-15-17-40-48-38(16-18-39(47(37)48)53-51(49)35-13-11-33(25-41(35)55-53)43-9-7-19-57-43)50(46-31(5)23-28(2)24-32(46)6)52-36-14-12-34(44-10-8-20-58-44)26-42(36)56-54(40)52;1-5-13-31(14-6-1)37-27-41(33-17-9-3-10-18-33)49-43-25-35-22-24-40-48-36(21-23-39(47(35)48)51(43)53-45(49)29-37)26-44-50-42(34-19-11-4-12-20-34)28-38(30-46(50)54-52(40)44)32-15-7-2-8-16-32/h7-26H,1-6H3;1-30H. The first kappa shape index (κ1) is 64.6. The van der Waals surface area contributed by atoms with E-state index < -0.39 is 0 Å². The molecule has 6 heterocycles. The maximum Gasteiger partial charge on any atom is 0.143 e. The van der Waals surface area contributed by atoms with E-state index in [2.05, 4.69) is 343 Å². The van der Waals surface area contributed by atoms with Crippen LogP contribution >= 0.6 is 22.7 Å². The van der Waals surface area contributed by atoms with Gasteiger partial charge in [0.1, 0.15) is 44.7 Å². The van der Waals surface area contributed by atoms with Gasteiger partial charge in [0, 0.05) is 107 Å². The Bertz CT molecular complexity index is 7490. The molecule has 0 N–H and O–H groups in total. The van der Waals surface area contributed by atoms with Crippen LogP contribution in [0.15, 0.2) is 320 Å². The highest BCUT2D eigenvalue weighted by atomic mass is 32.1. The summed E-state index contributed by atoms with van der Waals surface area (Å²) in [4.78, 5) is 2.47. The fraction of sp³-hybridized carbons (Fsp3) is 0.0566. The summed E-state index contributed by atoms with van der Waals surface area (Å²) in [5.74, 6) is 0. The first-order chi connectivity index (χ1) is 55.0. The van der Waals surface area contributed by atoms with E-state index in [1.54, 1.807) is 22.7 Å². The van der Waals surface area contributed by atoms with Crippen molar-refractivity contribution in [1.29, 1.82) is 0 Å². The van der Waals surface area contributed by atoms with E-state index in [-0.39, 0.29) is 0 Å². The lowest BCUT2D eigenvalue weighted by molar-refractivity contribution is 0.672. The summed E-state index contributed by atoms with van der Waals surface area (Å²) in [5.41, 5.74) is 31.6. The fourth-order valence-electron chi connectivity index (χ4n) is 19.4. The largest absolute Gasteiger partial charge is 0.455 e. The van der Waals surface area contributed by atoms with Gasteiger partial charge in [0.2, 0.25) is 0 Å². The van der Waals surface area contributed by atoms with Gasteiger partial charge in [-0.05, 0) is 260 Å². The third-order valence-electron chi connectivity index (χ3n) is 23.9. The summed E-state index contributed by atoms with van der Waals surface area (Å²) in [5, 5.41) is 27.6. The molecular weight excluding hydrogens is 1400 g/mol. The van der Waals surface area contributed by atoms with Crippen LogP contribution in [0.1, 0.15) is 33.4 Å². The second kappa shape index (κ2) is 24.6. The van der Waals surface area contributed by atoms with Gasteiger partial charge in [0.25, 0.3) is 0 Å². The van der Waals surface area contributed by atoms with Gasteiger partial charge in [-0.2, -0.15) is 0 Å². The Kier molecular flexibility index (Phi) is 14.2. The highest BCUT2D eigenvalue weighted by molar-refractivity contribution is 7.13. The molecule has 0 aliphatic rings. The van der Waals surface area contributed by atoms with Crippen molar-refractivity contribution in [3.05, 3.63) is 335 Å². The molecule has 0 amide bonds. The quantitative estimate of drug-likeness (QED) is 0.142. The lowest BCUT2D eigenvalue weighted by atomic mass is 9.81. The van der Waals surface area contributed by atoms with E-state index >= 15 is 0 Å². The molecule has 0 atom stereocenters. The number of hydrogen-bond acceptors (Lipinski definition) is 6. The average molecular weight is 1470 g/mol. The van der Waals surface area contributed by atoms with E-state index in [4.69, 9.17) is 17.7 Å². The molecule has 112 heavy (non-hydrogen) atoms. The summed E-state index contributed by atoms with van der Waals surface area (Å²) in [6.45, 7) is 13.4. The van der Waals surface area contributed by atoms with Gasteiger partial charge in [0.05, 0.1) is 0 Å². The van der Waals surface area contributed by atoms with Gasteiger partial charge >= 0.3 is 0 Å². The lowest BCUT2D eigenvalue weighted by Crippen LogP contribution is -1.96. The van der Waals surface area contributed by atoms with Crippen LogP contribution in [0.2, 0.25) is 0 Å². The van der Waals surface area contributed by atoms with Gasteiger partial charge in [0.15, 0.2) is 0 Å². The van der Waals surface area contributed by atoms with Crippen molar-refractivity contribution in [1.82, 2.24) is 0 Å². The molecule has 0 saturated heterocycles. The summed E-state index contributed by atoms with van der Waals surface area (Å²) >= 11 is 3.52. The fourth-order valence-corrected chi connectivity index (χ4v) is 20.9. The Labute approximate surface area is 652 Å². The Morgan fingerprint density at radius 2 is 0.545 bits per heavy atom. The Morgan fingerprint density at radius 1 is 0.205 bits per heavy atom. The van der Waals surface area contributed by atoms with Crippen molar-refractivity contribution in [3.8, 4) is 87.6 Å². The molecular formula is C106H68O4S2. The number of aryl methyl sites for hydroxylation is 6. The maximum absolute atomic E-state index is 7.15. The van der Waals surface area contributed by atoms with E-state index in [0.717, 1.165) is 110 Å². The van der Waals surface area contributed by atoms with Crippen LogP contribution in [0.4, 0.5) is 0 Å². The molecule has 24 rings (SSSR count). The van der Waals surface area contributed by atoms with Crippen LogP contribution in [0, 0.1) is 41.5 Å². The number of benzene rings is 18. The highest BCUT2D eigenvalue weighted by Gasteiger charge is 2.30. The maximum atomic E-state index is 7.15. The summed E-state index contributed by atoms with van der Waals surface area (Å²) in [6, 6.07) is 106. The highest BCUT2D eigenvalue weighted by Crippen LogP contribution is 2.56. The van der Waals surface area contributed by atoms with Gasteiger partial charge < -0.3 is 17.7 Å². The van der Waals surface area contributed by atoms with Crippen LogP contribution in [0.3, 0.4) is 0 Å². The van der Waals surface area contributed by atoms with Crippen LogP contribution in [-0.4, -0.2) is 0 Å². The Morgan fingerprint density at radius 3 is 0.929 bits per heavy atom. The predicted octanol–water partition coefficient (Wildman–Crippen LogP) is 32.1. The normalized spacial score (nSPS) is 12.2. The van der Waals surface area contributed by atoms with Gasteiger partial charge in [-0.25, -0.2) is 0 Å². The number of furan rings is 4. The zero-order chi connectivity index (χ0) is 74.5. The molecule has 0 aliphatic heterocycles. The van der Waals surface area contributed by atoms with Crippen LogP contribution in [0.5, 0.6) is 0 Å². The molecule has 0 bridgehead atoms. The predicted molar refractivity (Wildman–Crippen MR) is 477 cm³/mol. The molecule has 0 aliphatic carbocycles. The smallest absolute Gasteiger partial charge is 0.143 e. The lowest BCUT2D eigenvalue weighted by Gasteiger charge is -2.21. The molecule has 0 radical (unpaired) electrons. The second-order valence-electron chi connectivity index (χ2n) is 30.7. The Hall–Kier alpha value is -13.4. The molecule has 0 fully saturated rings. The van der Waals surface area contributed by atoms with E-state index in [1.807, 2.05) is 0 Å². The van der Waals surface area contributed by atoms with Gasteiger partial charge in [-0.15, -0.1) is 22.7 Å². The second-order valence-corrected chi connectivity index (χ2v) is 32.6. The molecule has 6 aromatic heterocycles. The first-order valence-corrected chi connectivity index (χ1v) is 40.2. The minimum Gasteiger partial charge on any atom is -0.455 e. The summed E-state index contributed by atoms with van der Waals surface area (Å²) in [6.07, 6.45) is 0. The molecule has 528 valence electrons. The van der Waals surface area contributed by atoms with E-state index in [9.17, 15) is 0 Å². The van der Waals surface area contributed by atoms with Crippen molar-refractivity contribution in [2.75, 3.05) is 0 Å². The van der Waals surface area contributed by atoms with Crippen molar-refractivity contribution in [2.24, 2.45) is 0 Å². The Balaban J connectivity index is 0.000000134. The molecule has 0 unspecified atom stereocenters. The third kappa shape index (κ3) is 9.65. The number of fused-ring (bicyclic) bond motifs is 16. The molecule has 0 spiro atoms. The van der Waals surface area contributed by atoms with Crippen molar-refractivity contribution < 1.29 is 17.7 Å². The number of hydrogen-bond donors (Lipinski definition) is 0. The minimum atomic E-state index is 0.891. The monoisotopic (exact) mass is 1470 g/mol. The van der Waals surface area contributed by atoms with Gasteiger partial charge in [-0.1, -0.05) is 205 Å². The van der Waals surface area contributed by atoms with E-state index in [0.29, 0.717) is 0 Å². The average Bonchev–Trinajstić information content (AvgIpc) is 1.44. The van der Waals surface area contributed by atoms with Crippen molar-refractivity contribution >= 4 is 175 Å². The summed E-state index contributed by atoms with van der Waals surface area (Å²) < 4.78 is 28.2. The molecule has 4 nitrogen and oxygen atoms in total. The van der Waals surface area contributed by atoms with Gasteiger partial charge in [-0.3, -0.25) is 0 Å². The molecule has 24 aromatic rings. The first-order valence-electron chi connectivity index (χ1n) is 38.5. The zero-order valence-electron chi connectivity index (χ0n) is 62.3. The third-order valence-corrected chi connectivity index (χ3v) is 25.7.